The SMILES string of the molecule is COC(=O)C1Cc2ccc(Br)cc2CN1Cc1cn2cccc(F)c2n1. The van der Waals surface area contributed by atoms with Crippen molar-refractivity contribution in [2.45, 2.75) is 25.6 Å². The van der Waals surface area contributed by atoms with Crippen LogP contribution in [-0.4, -0.2) is 33.4 Å². The van der Waals surface area contributed by atoms with Gasteiger partial charge in [-0.15, -0.1) is 0 Å². The first-order chi connectivity index (χ1) is 12.5. The number of halogens is 2. The van der Waals surface area contributed by atoms with Gasteiger partial charge in [-0.25, -0.2) is 9.37 Å². The molecule has 1 aromatic carbocycles. The summed E-state index contributed by atoms with van der Waals surface area (Å²) in [7, 11) is 1.40. The van der Waals surface area contributed by atoms with E-state index in [4.69, 9.17) is 4.74 Å². The van der Waals surface area contributed by atoms with E-state index < -0.39 is 0 Å². The predicted molar refractivity (Wildman–Crippen MR) is 98.0 cm³/mol. The molecule has 5 nitrogen and oxygen atoms in total. The van der Waals surface area contributed by atoms with Gasteiger partial charge in [0.15, 0.2) is 11.5 Å². The maximum Gasteiger partial charge on any atom is 0.323 e. The van der Waals surface area contributed by atoms with Gasteiger partial charge in [0.05, 0.1) is 12.8 Å². The number of hydrogen-bond donors (Lipinski definition) is 0. The van der Waals surface area contributed by atoms with Crippen molar-refractivity contribution in [1.29, 1.82) is 0 Å². The molecular weight excluding hydrogens is 401 g/mol. The number of hydrogen-bond acceptors (Lipinski definition) is 4. The van der Waals surface area contributed by atoms with E-state index in [-0.39, 0.29) is 23.5 Å². The zero-order chi connectivity index (χ0) is 18.3. The third-order valence-electron chi connectivity index (χ3n) is 4.72. The molecule has 1 unspecified atom stereocenters. The summed E-state index contributed by atoms with van der Waals surface area (Å²) in [6.45, 7) is 1.04. The Hall–Kier alpha value is -2.25. The lowest BCUT2D eigenvalue weighted by Crippen LogP contribution is -2.45. The number of fused-ring (bicyclic) bond motifs is 2. The third kappa shape index (κ3) is 3.12. The van der Waals surface area contributed by atoms with Crippen molar-refractivity contribution < 1.29 is 13.9 Å². The minimum absolute atomic E-state index is 0.270. The van der Waals surface area contributed by atoms with Crippen LogP contribution in [0.25, 0.3) is 5.65 Å². The fourth-order valence-electron chi connectivity index (χ4n) is 3.46. The standard InChI is InChI=1S/C19H17BrFN3O2/c1-26-19(25)17-8-12-4-5-14(20)7-13(12)9-24(17)11-15-10-23-6-2-3-16(21)18(23)22-15/h2-7,10,17H,8-9,11H2,1H3. The number of carbonyl (C=O) groups excluding carboxylic acids is 1. The number of rotatable bonds is 3. The molecule has 0 fully saturated rings. The Balaban J connectivity index is 1.67. The van der Waals surface area contributed by atoms with Crippen LogP contribution in [0.4, 0.5) is 4.39 Å². The van der Waals surface area contributed by atoms with E-state index >= 15 is 0 Å². The quantitative estimate of drug-likeness (QED) is 0.613. The summed E-state index contributed by atoms with van der Waals surface area (Å²) in [5, 5.41) is 0. The third-order valence-corrected chi connectivity index (χ3v) is 5.21. The minimum atomic E-state index is -0.386. The number of methoxy groups -OCH3 is 1. The highest BCUT2D eigenvalue weighted by atomic mass is 79.9. The summed E-state index contributed by atoms with van der Waals surface area (Å²) < 4.78 is 21.6. The fourth-order valence-corrected chi connectivity index (χ4v) is 3.86. The van der Waals surface area contributed by atoms with E-state index in [1.807, 2.05) is 17.0 Å². The van der Waals surface area contributed by atoms with E-state index in [1.165, 1.54) is 13.2 Å². The van der Waals surface area contributed by atoms with Crippen molar-refractivity contribution in [3.8, 4) is 0 Å². The molecule has 134 valence electrons. The van der Waals surface area contributed by atoms with Crippen LogP contribution in [0.3, 0.4) is 0 Å². The lowest BCUT2D eigenvalue weighted by molar-refractivity contribution is -0.148. The smallest absolute Gasteiger partial charge is 0.323 e. The summed E-state index contributed by atoms with van der Waals surface area (Å²) in [6.07, 6.45) is 4.13. The lowest BCUT2D eigenvalue weighted by Gasteiger charge is -2.34. The van der Waals surface area contributed by atoms with Crippen LogP contribution in [0.2, 0.25) is 0 Å². The molecule has 0 radical (unpaired) electrons. The van der Waals surface area contributed by atoms with Crippen molar-refractivity contribution in [2.75, 3.05) is 7.11 Å². The Bertz CT molecular complexity index is 988. The number of imidazole rings is 1. The fraction of sp³-hybridized carbons (Fsp3) is 0.263. The Morgan fingerprint density at radius 2 is 2.23 bits per heavy atom. The second kappa shape index (κ2) is 6.81. The number of pyridine rings is 1. The molecule has 2 aromatic heterocycles. The van der Waals surface area contributed by atoms with Gasteiger partial charge in [0, 0.05) is 30.0 Å². The second-order valence-electron chi connectivity index (χ2n) is 6.38. The number of nitrogens with zero attached hydrogens (tertiary/aromatic N) is 3. The van der Waals surface area contributed by atoms with Gasteiger partial charge in [-0.3, -0.25) is 9.69 Å². The molecule has 0 saturated carbocycles. The maximum atomic E-state index is 13.9. The molecule has 0 N–H and O–H groups in total. The number of ether oxygens (including phenoxy) is 1. The Kier molecular flexibility index (Phi) is 4.50. The highest BCUT2D eigenvalue weighted by Gasteiger charge is 2.32. The van der Waals surface area contributed by atoms with Crippen LogP contribution in [-0.2, 0) is 29.0 Å². The molecule has 7 heteroatoms. The molecule has 0 aliphatic carbocycles. The molecule has 0 spiro atoms. The molecule has 1 atom stereocenters. The summed E-state index contributed by atoms with van der Waals surface area (Å²) in [6, 6.07) is 8.72. The van der Waals surface area contributed by atoms with Gasteiger partial charge in [0.2, 0.25) is 0 Å². The van der Waals surface area contributed by atoms with E-state index in [0.29, 0.717) is 25.2 Å². The van der Waals surface area contributed by atoms with Gasteiger partial charge in [0.25, 0.3) is 0 Å². The van der Waals surface area contributed by atoms with Crippen molar-refractivity contribution in [3.05, 3.63) is 69.8 Å². The molecule has 1 aliphatic heterocycles. The van der Waals surface area contributed by atoms with Crippen LogP contribution < -0.4 is 0 Å². The first-order valence-corrected chi connectivity index (χ1v) is 9.05. The number of esters is 1. The van der Waals surface area contributed by atoms with E-state index in [0.717, 1.165) is 15.6 Å². The molecule has 3 aromatic rings. The normalized spacial score (nSPS) is 17.3. The van der Waals surface area contributed by atoms with Crippen LogP contribution in [0.1, 0.15) is 16.8 Å². The van der Waals surface area contributed by atoms with Crippen molar-refractivity contribution in [3.63, 3.8) is 0 Å². The van der Waals surface area contributed by atoms with Crippen LogP contribution >= 0.6 is 15.9 Å². The van der Waals surface area contributed by atoms with Gasteiger partial charge in [-0.2, -0.15) is 0 Å². The molecule has 3 heterocycles. The van der Waals surface area contributed by atoms with Gasteiger partial charge in [0.1, 0.15) is 6.04 Å². The highest BCUT2D eigenvalue weighted by molar-refractivity contribution is 9.10. The minimum Gasteiger partial charge on any atom is -0.468 e. The number of carbonyl (C=O) groups is 1. The van der Waals surface area contributed by atoms with Crippen LogP contribution in [0, 0.1) is 5.82 Å². The summed E-state index contributed by atoms with van der Waals surface area (Å²) >= 11 is 3.50. The van der Waals surface area contributed by atoms with E-state index in [2.05, 4.69) is 27.0 Å². The molecule has 26 heavy (non-hydrogen) atoms. The van der Waals surface area contributed by atoms with Gasteiger partial charge < -0.3 is 9.14 Å². The maximum absolute atomic E-state index is 13.9. The Morgan fingerprint density at radius 3 is 3.00 bits per heavy atom. The average molecular weight is 418 g/mol. The van der Waals surface area contributed by atoms with Gasteiger partial charge in [-0.1, -0.05) is 22.0 Å². The topological polar surface area (TPSA) is 46.8 Å². The van der Waals surface area contributed by atoms with Gasteiger partial charge >= 0.3 is 5.97 Å². The zero-order valence-corrected chi connectivity index (χ0v) is 15.7. The largest absolute Gasteiger partial charge is 0.468 e. The summed E-state index contributed by atoms with van der Waals surface area (Å²) in [4.78, 5) is 18.7. The molecule has 0 bridgehead atoms. The first-order valence-electron chi connectivity index (χ1n) is 8.26. The van der Waals surface area contributed by atoms with E-state index in [9.17, 15) is 9.18 Å². The molecule has 1 aliphatic rings. The monoisotopic (exact) mass is 417 g/mol. The molecule has 4 rings (SSSR count). The van der Waals surface area contributed by atoms with Gasteiger partial charge in [-0.05, 0) is 41.8 Å². The highest BCUT2D eigenvalue weighted by Crippen LogP contribution is 2.28. The summed E-state index contributed by atoms with van der Waals surface area (Å²) in [5.41, 5.74) is 3.30. The van der Waals surface area contributed by atoms with Crippen molar-refractivity contribution in [2.24, 2.45) is 0 Å². The average Bonchev–Trinajstić information content (AvgIpc) is 3.04. The number of benzene rings is 1. The molecule has 0 saturated heterocycles. The summed E-state index contributed by atoms with van der Waals surface area (Å²) in [5.74, 6) is -0.635. The van der Waals surface area contributed by atoms with Crippen LogP contribution in [0.5, 0.6) is 0 Å². The number of aromatic nitrogens is 2. The van der Waals surface area contributed by atoms with Crippen LogP contribution in [0.15, 0.2) is 47.2 Å². The first kappa shape index (κ1) is 17.2. The predicted octanol–water partition coefficient (Wildman–Crippen LogP) is 3.34. The molecular formula is C19H17BrFN3O2. The molecule has 0 amide bonds. The van der Waals surface area contributed by atoms with Crippen molar-refractivity contribution in [1.82, 2.24) is 14.3 Å². The second-order valence-corrected chi connectivity index (χ2v) is 7.30. The van der Waals surface area contributed by atoms with Crippen molar-refractivity contribution >= 4 is 27.5 Å². The Morgan fingerprint density at radius 1 is 1.38 bits per heavy atom. The zero-order valence-electron chi connectivity index (χ0n) is 14.2. The Labute approximate surface area is 158 Å². The van der Waals surface area contributed by atoms with E-state index in [1.54, 1.807) is 22.9 Å². The lowest BCUT2D eigenvalue weighted by atomic mass is 9.94.